The number of aryl methyl sites for hydroxylation is 1. The summed E-state index contributed by atoms with van der Waals surface area (Å²) < 4.78 is 3.77. The van der Waals surface area contributed by atoms with Crippen LogP contribution < -0.4 is 16.8 Å². The lowest BCUT2D eigenvalue weighted by atomic mass is 10.2. The lowest BCUT2D eigenvalue weighted by Gasteiger charge is -2.11. The van der Waals surface area contributed by atoms with Crippen LogP contribution in [-0.2, 0) is 13.6 Å². The Kier molecular flexibility index (Phi) is 3.58. The fourth-order valence-electron chi connectivity index (χ4n) is 3.04. The minimum Gasteiger partial charge on any atom is -0.308 e. The van der Waals surface area contributed by atoms with Crippen molar-refractivity contribution in [1.29, 1.82) is 5.26 Å². The van der Waals surface area contributed by atoms with Crippen LogP contribution in [0.5, 0.6) is 0 Å². The predicted molar refractivity (Wildman–Crippen MR) is 94.0 cm³/mol. The number of benzene rings is 1. The minimum absolute atomic E-state index is 0.00819. The number of nitriles is 1. The Morgan fingerprint density at radius 1 is 1.19 bits per heavy atom. The van der Waals surface area contributed by atoms with E-state index in [1.165, 1.54) is 15.3 Å². The third-order valence-corrected chi connectivity index (χ3v) is 4.61. The maximum Gasteiger partial charge on any atom is 0.331 e. The number of rotatable bonds is 3. The number of nitrogens with zero attached hydrogens (tertiary/aromatic N) is 5. The molecule has 8 nitrogen and oxygen atoms in total. The Hall–Kier alpha value is -3.47. The summed E-state index contributed by atoms with van der Waals surface area (Å²) in [4.78, 5) is 42.1. The molecule has 130 valence electrons. The number of aromatic nitrogens is 4. The lowest BCUT2D eigenvalue weighted by Crippen LogP contribution is -2.42. The molecular weight excluding hydrogens is 334 g/mol. The van der Waals surface area contributed by atoms with Gasteiger partial charge < -0.3 is 4.57 Å². The molecule has 4 rings (SSSR count). The van der Waals surface area contributed by atoms with Gasteiger partial charge in [0.15, 0.2) is 0 Å². The molecule has 8 heteroatoms. The summed E-state index contributed by atoms with van der Waals surface area (Å²) in [6.45, 7) is -0.266. The molecule has 0 saturated heterocycles. The van der Waals surface area contributed by atoms with Crippen LogP contribution in [0.3, 0.4) is 0 Å². The summed E-state index contributed by atoms with van der Waals surface area (Å²) in [7, 11) is 1.62. The second-order valence-electron chi connectivity index (χ2n) is 6.38. The van der Waals surface area contributed by atoms with Gasteiger partial charge in [-0.15, -0.1) is 0 Å². The molecule has 1 aromatic carbocycles. The predicted octanol–water partition coefficient (Wildman–Crippen LogP) is 0.512. The molecule has 3 aromatic rings. The Morgan fingerprint density at radius 2 is 1.92 bits per heavy atom. The van der Waals surface area contributed by atoms with Gasteiger partial charge in [-0.1, -0.05) is 12.1 Å². The monoisotopic (exact) mass is 349 g/mol. The highest BCUT2D eigenvalue weighted by atomic mass is 16.2. The fourth-order valence-corrected chi connectivity index (χ4v) is 3.04. The Balaban J connectivity index is 1.93. The maximum absolute atomic E-state index is 12.7. The van der Waals surface area contributed by atoms with E-state index in [4.69, 9.17) is 0 Å². The molecule has 0 amide bonds. The zero-order chi connectivity index (χ0) is 18.4. The molecule has 0 atom stereocenters. The van der Waals surface area contributed by atoms with E-state index in [1.807, 2.05) is 6.07 Å². The molecule has 0 aliphatic heterocycles. The van der Waals surface area contributed by atoms with Crippen LogP contribution in [0.1, 0.15) is 30.1 Å². The number of hydrogen-bond acceptors (Lipinski definition) is 5. The second kappa shape index (κ2) is 5.81. The van der Waals surface area contributed by atoms with Crippen molar-refractivity contribution in [2.45, 2.75) is 25.4 Å². The van der Waals surface area contributed by atoms with Crippen LogP contribution in [-0.4, -0.2) is 18.7 Å². The van der Waals surface area contributed by atoms with Gasteiger partial charge in [-0.25, -0.2) is 9.78 Å². The summed E-state index contributed by atoms with van der Waals surface area (Å²) in [6.07, 6.45) is 2.97. The molecule has 1 fully saturated rings. The molecule has 1 aliphatic rings. The van der Waals surface area contributed by atoms with Crippen LogP contribution >= 0.6 is 0 Å². The van der Waals surface area contributed by atoms with Crippen molar-refractivity contribution in [3.63, 3.8) is 0 Å². The minimum atomic E-state index is -0.702. The zero-order valence-electron chi connectivity index (χ0n) is 14.0. The van der Waals surface area contributed by atoms with E-state index in [-0.39, 0.29) is 29.4 Å². The van der Waals surface area contributed by atoms with Crippen molar-refractivity contribution in [2.75, 3.05) is 0 Å². The largest absolute Gasteiger partial charge is 0.331 e. The first-order valence-corrected chi connectivity index (χ1v) is 8.22. The maximum atomic E-state index is 12.7. The van der Waals surface area contributed by atoms with E-state index in [2.05, 4.69) is 4.98 Å². The molecule has 2 aromatic heterocycles. The van der Waals surface area contributed by atoms with Gasteiger partial charge in [0, 0.05) is 19.3 Å². The lowest BCUT2D eigenvalue weighted by molar-refractivity contribution is 0.579. The van der Waals surface area contributed by atoms with Crippen molar-refractivity contribution >= 4 is 11.0 Å². The van der Waals surface area contributed by atoms with Gasteiger partial charge in [-0.05, 0) is 25.0 Å². The van der Waals surface area contributed by atoms with Gasteiger partial charge in [-0.2, -0.15) is 5.26 Å². The molecule has 0 radical (unpaired) electrons. The van der Waals surface area contributed by atoms with Crippen LogP contribution in [0.2, 0.25) is 0 Å². The topological polar surface area (TPSA) is 103 Å². The average Bonchev–Trinajstić information content (AvgIpc) is 3.48. The van der Waals surface area contributed by atoms with Crippen molar-refractivity contribution in [3.05, 3.63) is 72.9 Å². The fraction of sp³-hybridized carbons (Fsp3) is 0.278. The Labute approximate surface area is 147 Å². The third kappa shape index (κ3) is 2.45. The van der Waals surface area contributed by atoms with Crippen molar-refractivity contribution in [3.8, 4) is 6.07 Å². The molecule has 26 heavy (non-hydrogen) atoms. The molecule has 1 saturated carbocycles. The first-order valence-electron chi connectivity index (χ1n) is 8.22. The van der Waals surface area contributed by atoms with E-state index in [9.17, 15) is 19.6 Å². The third-order valence-electron chi connectivity index (χ3n) is 4.61. The second-order valence-corrected chi connectivity index (χ2v) is 6.38. The first-order chi connectivity index (χ1) is 12.5. The number of fused-ring (bicyclic) bond motifs is 1. The van der Waals surface area contributed by atoms with Crippen molar-refractivity contribution in [2.24, 2.45) is 7.05 Å². The van der Waals surface area contributed by atoms with Crippen LogP contribution in [0.4, 0.5) is 0 Å². The molecule has 0 N–H and O–H groups in total. The zero-order valence-corrected chi connectivity index (χ0v) is 14.0. The molecule has 0 bridgehead atoms. The summed E-state index contributed by atoms with van der Waals surface area (Å²) in [6, 6.07) is 8.97. The highest BCUT2D eigenvalue weighted by molar-refractivity contribution is 5.74. The SMILES string of the molecule is Cn1c(=O)c(Cn2c(=O)c(C#N)cn(C3CC3)c2=O)nc2ccccc21. The number of hydrogen-bond donors (Lipinski definition) is 0. The summed E-state index contributed by atoms with van der Waals surface area (Å²) in [5.74, 6) is 0. The van der Waals surface area contributed by atoms with E-state index in [0.717, 1.165) is 17.4 Å². The van der Waals surface area contributed by atoms with Gasteiger partial charge in [-0.3, -0.25) is 18.7 Å². The standard InChI is InChI=1S/C18H15N5O3/c1-21-15-5-3-2-4-13(15)20-14(17(21)25)10-23-16(24)11(8-19)9-22(18(23)26)12-6-7-12/h2-5,9,12H,6-7,10H2,1H3. The quantitative estimate of drug-likeness (QED) is 0.685. The van der Waals surface area contributed by atoms with E-state index >= 15 is 0 Å². The summed E-state index contributed by atoms with van der Waals surface area (Å²) in [5, 5.41) is 9.21. The van der Waals surface area contributed by atoms with Gasteiger partial charge >= 0.3 is 5.69 Å². The smallest absolute Gasteiger partial charge is 0.308 e. The molecule has 0 spiro atoms. The molecular formula is C18H15N5O3. The number of para-hydroxylation sites is 2. The van der Waals surface area contributed by atoms with Crippen LogP contribution in [0, 0.1) is 11.3 Å². The van der Waals surface area contributed by atoms with Crippen LogP contribution in [0.25, 0.3) is 11.0 Å². The van der Waals surface area contributed by atoms with Gasteiger partial charge in [0.2, 0.25) is 0 Å². The van der Waals surface area contributed by atoms with Gasteiger partial charge in [0.25, 0.3) is 11.1 Å². The molecule has 0 unspecified atom stereocenters. The Bertz CT molecular complexity index is 1260. The highest BCUT2D eigenvalue weighted by Gasteiger charge is 2.27. The Morgan fingerprint density at radius 3 is 2.62 bits per heavy atom. The van der Waals surface area contributed by atoms with Gasteiger partial charge in [0.05, 0.1) is 17.6 Å². The average molecular weight is 349 g/mol. The normalized spacial score (nSPS) is 13.7. The van der Waals surface area contributed by atoms with Crippen molar-refractivity contribution < 1.29 is 0 Å². The van der Waals surface area contributed by atoms with Gasteiger partial charge in [0.1, 0.15) is 17.3 Å². The first kappa shape index (κ1) is 16.0. The van der Waals surface area contributed by atoms with E-state index in [1.54, 1.807) is 31.3 Å². The van der Waals surface area contributed by atoms with E-state index < -0.39 is 11.2 Å². The van der Waals surface area contributed by atoms with Crippen LogP contribution in [0.15, 0.2) is 44.8 Å². The van der Waals surface area contributed by atoms with E-state index in [0.29, 0.717) is 11.0 Å². The molecule has 1 aliphatic carbocycles. The molecule has 2 heterocycles. The summed E-state index contributed by atoms with van der Waals surface area (Å²) >= 11 is 0. The summed E-state index contributed by atoms with van der Waals surface area (Å²) in [5.41, 5.74) is -0.376. The highest BCUT2D eigenvalue weighted by Crippen LogP contribution is 2.33. The van der Waals surface area contributed by atoms with Crippen molar-refractivity contribution in [1.82, 2.24) is 18.7 Å².